The van der Waals surface area contributed by atoms with Gasteiger partial charge in [-0.2, -0.15) is 0 Å². The highest BCUT2D eigenvalue weighted by atomic mass is 79.9. The molecule has 0 saturated carbocycles. The van der Waals surface area contributed by atoms with E-state index >= 15 is 0 Å². The minimum atomic E-state index is -0.830. The smallest absolute Gasteiger partial charge is 0.237 e. The van der Waals surface area contributed by atoms with E-state index in [0.29, 0.717) is 25.9 Å². The van der Waals surface area contributed by atoms with Gasteiger partial charge in [-0.25, -0.2) is 0 Å². The average Bonchev–Trinajstić information content (AvgIpc) is 2.39. The summed E-state index contributed by atoms with van der Waals surface area (Å²) in [5, 5.41) is 10.6. The van der Waals surface area contributed by atoms with E-state index in [1.54, 1.807) is 4.90 Å². The fourth-order valence-electron chi connectivity index (χ4n) is 2.26. The van der Waals surface area contributed by atoms with Gasteiger partial charge < -0.3 is 10.0 Å². The van der Waals surface area contributed by atoms with E-state index < -0.39 is 5.60 Å². The van der Waals surface area contributed by atoms with Gasteiger partial charge in [0.05, 0.1) is 5.60 Å². The Morgan fingerprint density at radius 1 is 1.33 bits per heavy atom. The first-order valence-electron chi connectivity index (χ1n) is 5.87. The van der Waals surface area contributed by atoms with Crippen LogP contribution in [0.2, 0.25) is 0 Å². The van der Waals surface area contributed by atoms with Crippen LogP contribution >= 0.6 is 27.5 Å². The van der Waals surface area contributed by atoms with E-state index in [1.807, 2.05) is 24.3 Å². The van der Waals surface area contributed by atoms with Gasteiger partial charge in [0.1, 0.15) is 5.88 Å². The Morgan fingerprint density at radius 3 is 2.39 bits per heavy atom. The number of likely N-dealkylation sites (tertiary alicyclic amines) is 1. The summed E-state index contributed by atoms with van der Waals surface area (Å²) in [5.41, 5.74) is 0.0766. The van der Waals surface area contributed by atoms with Gasteiger partial charge in [0.15, 0.2) is 0 Å². The van der Waals surface area contributed by atoms with E-state index in [9.17, 15) is 9.90 Å². The molecule has 1 heterocycles. The summed E-state index contributed by atoms with van der Waals surface area (Å²) in [6.45, 7) is 1.11. The van der Waals surface area contributed by atoms with Crippen LogP contribution in [0.25, 0.3) is 0 Å². The van der Waals surface area contributed by atoms with Crippen LogP contribution in [0.1, 0.15) is 18.4 Å². The number of nitrogens with zero attached hydrogens (tertiary/aromatic N) is 1. The van der Waals surface area contributed by atoms with Crippen LogP contribution in [0.5, 0.6) is 0 Å². The fourth-order valence-corrected chi connectivity index (χ4v) is 2.69. The third-order valence-corrected chi connectivity index (χ3v) is 4.20. The van der Waals surface area contributed by atoms with Crippen LogP contribution in [0.4, 0.5) is 0 Å². The second-order valence-electron chi connectivity index (χ2n) is 4.55. The van der Waals surface area contributed by atoms with Gasteiger partial charge in [-0.15, -0.1) is 11.6 Å². The summed E-state index contributed by atoms with van der Waals surface area (Å²) in [5.74, 6) is -0.0500. The molecule has 2 rings (SSSR count). The van der Waals surface area contributed by atoms with Crippen molar-refractivity contribution in [2.24, 2.45) is 0 Å². The van der Waals surface area contributed by atoms with Gasteiger partial charge in [0.2, 0.25) is 5.91 Å². The highest BCUT2D eigenvalue weighted by Gasteiger charge is 2.35. The maximum atomic E-state index is 11.5. The van der Waals surface area contributed by atoms with E-state index in [4.69, 9.17) is 11.6 Å². The van der Waals surface area contributed by atoms with Crippen LogP contribution in [0.3, 0.4) is 0 Å². The zero-order valence-electron chi connectivity index (χ0n) is 9.90. The van der Waals surface area contributed by atoms with Crippen LogP contribution < -0.4 is 0 Å². The summed E-state index contributed by atoms with van der Waals surface area (Å²) < 4.78 is 0.990. The van der Waals surface area contributed by atoms with E-state index in [1.165, 1.54) is 0 Å². The summed E-state index contributed by atoms with van der Waals surface area (Å²) in [7, 11) is 0. The normalized spacial score (nSPS) is 18.7. The first kappa shape index (κ1) is 13.8. The van der Waals surface area contributed by atoms with E-state index in [2.05, 4.69) is 15.9 Å². The lowest BCUT2D eigenvalue weighted by Crippen LogP contribution is -2.45. The second kappa shape index (κ2) is 5.59. The number of benzene rings is 1. The predicted octanol–water partition coefficient (Wildman–Crippen LogP) is 2.50. The third kappa shape index (κ3) is 2.87. The standard InChI is InChI=1S/C13H15BrClNO2/c14-11-3-1-10(2-4-11)13(18)5-7-16(8-6-13)12(17)9-15/h1-4,18H,5-9H2. The minimum absolute atomic E-state index is 0.0106. The summed E-state index contributed by atoms with van der Waals surface area (Å²) >= 11 is 8.91. The largest absolute Gasteiger partial charge is 0.385 e. The average molecular weight is 333 g/mol. The van der Waals surface area contributed by atoms with E-state index in [-0.39, 0.29) is 11.8 Å². The molecule has 3 nitrogen and oxygen atoms in total. The van der Waals surface area contributed by atoms with Crippen molar-refractivity contribution in [3.63, 3.8) is 0 Å². The molecule has 1 aliphatic heterocycles. The third-order valence-electron chi connectivity index (χ3n) is 3.44. The lowest BCUT2D eigenvalue weighted by molar-refractivity contribution is -0.133. The monoisotopic (exact) mass is 331 g/mol. The molecule has 0 spiro atoms. The van der Waals surface area contributed by atoms with Gasteiger partial charge in [0.25, 0.3) is 0 Å². The highest BCUT2D eigenvalue weighted by Crippen LogP contribution is 2.33. The molecule has 1 fully saturated rings. The molecular formula is C13H15BrClNO2. The molecular weight excluding hydrogens is 318 g/mol. The maximum Gasteiger partial charge on any atom is 0.237 e. The highest BCUT2D eigenvalue weighted by molar-refractivity contribution is 9.10. The Morgan fingerprint density at radius 2 is 1.89 bits per heavy atom. The number of halogens is 2. The first-order chi connectivity index (χ1) is 8.55. The van der Waals surface area contributed by atoms with E-state index in [0.717, 1.165) is 10.0 Å². The minimum Gasteiger partial charge on any atom is -0.385 e. The molecule has 0 aliphatic carbocycles. The molecule has 1 saturated heterocycles. The van der Waals surface area contributed by atoms with Crippen molar-refractivity contribution in [2.45, 2.75) is 18.4 Å². The maximum absolute atomic E-state index is 11.5. The summed E-state index contributed by atoms with van der Waals surface area (Å²) in [4.78, 5) is 13.2. The molecule has 5 heteroatoms. The van der Waals surface area contributed by atoms with Crippen molar-refractivity contribution >= 4 is 33.4 Å². The second-order valence-corrected chi connectivity index (χ2v) is 5.74. The van der Waals surface area contributed by atoms with Crippen molar-refractivity contribution in [2.75, 3.05) is 19.0 Å². The molecule has 0 atom stereocenters. The molecule has 0 bridgehead atoms. The predicted molar refractivity (Wildman–Crippen MR) is 74.6 cm³/mol. The van der Waals surface area contributed by atoms with Crippen molar-refractivity contribution in [1.82, 2.24) is 4.90 Å². The van der Waals surface area contributed by atoms with Gasteiger partial charge in [-0.05, 0) is 30.5 Å². The molecule has 0 aromatic heterocycles. The zero-order chi connectivity index (χ0) is 13.2. The zero-order valence-corrected chi connectivity index (χ0v) is 12.2. The lowest BCUT2D eigenvalue weighted by Gasteiger charge is -2.38. The number of amides is 1. The van der Waals surface area contributed by atoms with Crippen LogP contribution in [-0.2, 0) is 10.4 Å². The lowest BCUT2D eigenvalue weighted by atomic mass is 9.84. The number of aliphatic hydroxyl groups is 1. The number of hydrogen-bond donors (Lipinski definition) is 1. The Labute approximate surface area is 120 Å². The number of alkyl halides is 1. The van der Waals surface area contributed by atoms with Crippen LogP contribution in [0.15, 0.2) is 28.7 Å². The molecule has 1 aromatic rings. The molecule has 1 aromatic carbocycles. The van der Waals surface area contributed by atoms with Crippen LogP contribution in [-0.4, -0.2) is 34.9 Å². The molecule has 98 valence electrons. The van der Waals surface area contributed by atoms with Crippen molar-refractivity contribution < 1.29 is 9.90 Å². The van der Waals surface area contributed by atoms with Gasteiger partial charge in [0, 0.05) is 17.6 Å². The SMILES string of the molecule is O=C(CCl)N1CCC(O)(c2ccc(Br)cc2)CC1. The molecule has 18 heavy (non-hydrogen) atoms. The number of carbonyl (C=O) groups is 1. The first-order valence-corrected chi connectivity index (χ1v) is 7.20. The number of carbonyl (C=O) groups excluding carboxylic acids is 1. The molecule has 1 aliphatic rings. The fraction of sp³-hybridized carbons (Fsp3) is 0.462. The Balaban J connectivity index is 2.07. The van der Waals surface area contributed by atoms with Gasteiger partial charge in [-0.3, -0.25) is 4.79 Å². The van der Waals surface area contributed by atoms with Crippen molar-refractivity contribution in [3.05, 3.63) is 34.3 Å². The number of hydrogen-bond acceptors (Lipinski definition) is 2. The molecule has 1 N–H and O–H groups in total. The van der Waals surface area contributed by atoms with Crippen LogP contribution in [0, 0.1) is 0 Å². The van der Waals surface area contributed by atoms with Gasteiger partial charge >= 0.3 is 0 Å². The number of rotatable bonds is 2. The van der Waals surface area contributed by atoms with Crippen molar-refractivity contribution in [1.29, 1.82) is 0 Å². The molecule has 1 amide bonds. The quantitative estimate of drug-likeness (QED) is 0.845. The van der Waals surface area contributed by atoms with Gasteiger partial charge in [-0.1, -0.05) is 28.1 Å². The Bertz CT molecular complexity index is 427. The molecule has 0 unspecified atom stereocenters. The summed E-state index contributed by atoms with van der Waals surface area (Å²) in [6.07, 6.45) is 1.11. The summed E-state index contributed by atoms with van der Waals surface area (Å²) in [6, 6.07) is 7.68. The van der Waals surface area contributed by atoms with Crippen molar-refractivity contribution in [3.8, 4) is 0 Å². The molecule has 0 radical (unpaired) electrons. The number of piperidine rings is 1. The topological polar surface area (TPSA) is 40.5 Å². The Hall–Kier alpha value is -0.580. The Kier molecular flexibility index (Phi) is 4.30.